The minimum atomic E-state index is 0.708. The Hall–Kier alpha value is -2.43. The SMILES string of the molecule is Cc1nnc2c(Nc3ccccc3)nccn12. The molecule has 0 fully saturated rings. The summed E-state index contributed by atoms with van der Waals surface area (Å²) in [7, 11) is 0. The predicted molar refractivity (Wildman–Crippen MR) is 65.2 cm³/mol. The van der Waals surface area contributed by atoms with Gasteiger partial charge in [-0.1, -0.05) is 18.2 Å². The van der Waals surface area contributed by atoms with Gasteiger partial charge in [0.05, 0.1) is 0 Å². The maximum atomic E-state index is 4.28. The number of nitrogens with one attached hydrogen (secondary N) is 1. The van der Waals surface area contributed by atoms with Gasteiger partial charge in [-0.15, -0.1) is 10.2 Å². The number of nitrogens with zero attached hydrogens (tertiary/aromatic N) is 4. The van der Waals surface area contributed by atoms with Crippen molar-refractivity contribution in [2.75, 3.05) is 5.32 Å². The third-order valence-electron chi connectivity index (χ3n) is 2.53. The van der Waals surface area contributed by atoms with Gasteiger partial charge in [0, 0.05) is 18.1 Å². The lowest BCUT2D eigenvalue weighted by molar-refractivity contribution is 1.00. The van der Waals surface area contributed by atoms with Gasteiger partial charge in [-0.3, -0.25) is 4.40 Å². The normalized spacial score (nSPS) is 10.6. The molecule has 1 aromatic carbocycles. The van der Waals surface area contributed by atoms with Crippen LogP contribution in [0.2, 0.25) is 0 Å². The number of hydrogen-bond acceptors (Lipinski definition) is 4. The molecule has 0 unspecified atom stereocenters. The van der Waals surface area contributed by atoms with Crippen LogP contribution in [0.1, 0.15) is 5.82 Å². The van der Waals surface area contributed by atoms with E-state index in [0.717, 1.165) is 17.2 Å². The summed E-state index contributed by atoms with van der Waals surface area (Å²) >= 11 is 0. The Morgan fingerprint density at radius 2 is 1.94 bits per heavy atom. The highest BCUT2D eigenvalue weighted by Crippen LogP contribution is 2.17. The fraction of sp³-hybridized carbons (Fsp3) is 0.0833. The molecule has 2 aromatic heterocycles. The summed E-state index contributed by atoms with van der Waals surface area (Å²) in [5, 5.41) is 11.4. The molecule has 5 heteroatoms. The minimum absolute atomic E-state index is 0.708. The second kappa shape index (κ2) is 3.86. The molecule has 2 heterocycles. The van der Waals surface area contributed by atoms with Crippen LogP contribution in [-0.4, -0.2) is 19.6 Å². The average molecular weight is 225 g/mol. The van der Waals surface area contributed by atoms with Gasteiger partial charge in [0.25, 0.3) is 0 Å². The van der Waals surface area contributed by atoms with Crippen molar-refractivity contribution in [3.63, 3.8) is 0 Å². The number of aryl methyl sites for hydroxylation is 1. The van der Waals surface area contributed by atoms with Gasteiger partial charge < -0.3 is 5.32 Å². The van der Waals surface area contributed by atoms with Crippen LogP contribution in [0.5, 0.6) is 0 Å². The first-order valence-corrected chi connectivity index (χ1v) is 5.33. The van der Waals surface area contributed by atoms with Crippen molar-refractivity contribution >= 4 is 17.2 Å². The lowest BCUT2D eigenvalue weighted by Gasteiger charge is -2.05. The van der Waals surface area contributed by atoms with Crippen LogP contribution >= 0.6 is 0 Å². The number of rotatable bonds is 2. The van der Waals surface area contributed by atoms with E-state index in [1.54, 1.807) is 6.20 Å². The second-order valence-corrected chi connectivity index (χ2v) is 3.71. The van der Waals surface area contributed by atoms with Crippen molar-refractivity contribution in [2.24, 2.45) is 0 Å². The van der Waals surface area contributed by atoms with Crippen LogP contribution in [0.25, 0.3) is 5.65 Å². The van der Waals surface area contributed by atoms with Crippen molar-refractivity contribution in [1.82, 2.24) is 19.6 Å². The Morgan fingerprint density at radius 3 is 2.76 bits per heavy atom. The highest BCUT2D eigenvalue weighted by atomic mass is 15.3. The molecule has 0 aliphatic heterocycles. The van der Waals surface area contributed by atoms with Crippen LogP contribution in [0.4, 0.5) is 11.5 Å². The molecule has 84 valence electrons. The summed E-state index contributed by atoms with van der Waals surface area (Å²) in [6.45, 7) is 1.91. The Balaban J connectivity index is 2.06. The lowest BCUT2D eigenvalue weighted by atomic mass is 10.3. The van der Waals surface area contributed by atoms with E-state index in [1.165, 1.54) is 0 Å². The molecular weight excluding hydrogens is 214 g/mol. The van der Waals surface area contributed by atoms with E-state index in [-0.39, 0.29) is 0 Å². The van der Waals surface area contributed by atoms with Gasteiger partial charge in [-0.25, -0.2) is 4.98 Å². The van der Waals surface area contributed by atoms with Gasteiger partial charge >= 0.3 is 0 Å². The van der Waals surface area contributed by atoms with Crippen LogP contribution in [-0.2, 0) is 0 Å². The Bertz CT molecular complexity index is 644. The van der Waals surface area contributed by atoms with Crippen LogP contribution in [0.3, 0.4) is 0 Å². The maximum absolute atomic E-state index is 4.28. The number of hydrogen-bond donors (Lipinski definition) is 1. The molecule has 5 nitrogen and oxygen atoms in total. The summed E-state index contributed by atoms with van der Waals surface area (Å²) < 4.78 is 1.90. The van der Waals surface area contributed by atoms with Gasteiger partial charge in [0.2, 0.25) is 5.65 Å². The molecule has 17 heavy (non-hydrogen) atoms. The molecule has 0 saturated heterocycles. The molecule has 0 saturated carbocycles. The zero-order valence-electron chi connectivity index (χ0n) is 9.33. The topological polar surface area (TPSA) is 55.1 Å². The Kier molecular flexibility index (Phi) is 2.22. The van der Waals surface area contributed by atoms with Gasteiger partial charge in [-0.05, 0) is 19.1 Å². The van der Waals surface area contributed by atoms with E-state index in [4.69, 9.17) is 0 Å². The smallest absolute Gasteiger partial charge is 0.204 e. The molecule has 0 atom stereocenters. The quantitative estimate of drug-likeness (QED) is 0.726. The van der Waals surface area contributed by atoms with E-state index in [2.05, 4.69) is 20.5 Å². The van der Waals surface area contributed by atoms with Crippen molar-refractivity contribution in [2.45, 2.75) is 6.92 Å². The van der Waals surface area contributed by atoms with Crippen molar-refractivity contribution in [3.05, 3.63) is 48.5 Å². The summed E-state index contributed by atoms with van der Waals surface area (Å²) in [5.41, 5.74) is 1.71. The summed E-state index contributed by atoms with van der Waals surface area (Å²) in [4.78, 5) is 4.28. The number of anilines is 2. The molecule has 3 aromatic rings. The van der Waals surface area contributed by atoms with Crippen LogP contribution < -0.4 is 5.32 Å². The van der Waals surface area contributed by atoms with Crippen molar-refractivity contribution in [3.8, 4) is 0 Å². The minimum Gasteiger partial charge on any atom is -0.337 e. The van der Waals surface area contributed by atoms with Gasteiger partial charge in [-0.2, -0.15) is 0 Å². The average Bonchev–Trinajstić information content (AvgIpc) is 2.74. The van der Waals surface area contributed by atoms with Gasteiger partial charge in [0.1, 0.15) is 5.82 Å². The summed E-state index contributed by atoms with van der Waals surface area (Å²) in [6, 6.07) is 9.87. The Labute approximate surface area is 98.1 Å². The maximum Gasteiger partial charge on any atom is 0.204 e. The first-order valence-electron chi connectivity index (χ1n) is 5.33. The predicted octanol–water partition coefficient (Wildman–Crippen LogP) is 2.18. The van der Waals surface area contributed by atoms with Crippen LogP contribution in [0, 0.1) is 6.92 Å². The number of para-hydroxylation sites is 1. The van der Waals surface area contributed by atoms with E-state index >= 15 is 0 Å². The molecule has 0 bridgehead atoms. The fourth-order valence-electron chi connectivity index (χ4n) is 1.69. The van der Waals surface area contributed by atoms with E-state index in [9.17, 15) is 0 Å². The molecule has 0 aliphatic rings. The number of fused-ring (bicyclic) bond motifs is 1. The van der Waals surface area contributed by atoms with E-state index in [1.807, 2.05) is 47.9 Å². The number of benzene rings is 1. The Morgan fingerprint density at radius 1 is 1.12 bits per heavy atom. The summed E-state index contributed by atoms with van der Waals surface area (Å²) in [5.74, 6) is 1.55. The standard InChI is InChI=1S/C12H11N5/c1-9-15-16-12-11(13-7-8-17(9)12)14-10-5-3-2-4-6-10/h2-8H,1H3,(H,13,14). The first-order chi connectivity index (χ1) is 8.34. The first kappa shape index (κ1) is 9.77. The molecule has 1 N–H and O–H groups in total. The highest BCUT2D eigenvalue weighted by molar-refractivity contribution is 5.69. The largest absolute Gasteiger partial charge is 0.337 e. The molecule has 0 aliphatic carbocycles. The van der Waals surface area contributed by atoms with Crippen molar-refractivity contribution in [1.29, 1.82) is 0 Å². The molecular formula is C12H11N5. The third-order valence-corrected chi connectivity index (χ3v) is 2.53. The van der Waals surface area contributed by atoms with Crippen LogP contribution in [0.15, 0.2) is 42.7 Å². The molecule has 0 spiro atoms. The van der Waals surface area contributed by atoms with Gasteiger partial charge in [0.15, 0.2) is 5.82 Å². The molecule has 0 radical (unpaired) electrons. The fourth-order valence-corrected chi connectivity index (χ4v) is 1.69. The second-order valence-electron chi connectivity index (χ2n) is 3.71. The molecule has 3 rings (SSSR count). The lowest BCUT2D eigenvalue weighted by Crippen LogP contribution is -1.98. The summed E-state index contributed by atoms with van der Waals surface area (Å²) in [6.07, 6.45) is 3.58. The highest BCUT2D eigenvalue weighted by Gasteiger charge is 2.07. The van der Waals surface area contributed by atoms with E-state index in [0.29, 0.717) is 5.82 Å². The third kappa shape index (κ3) is 1.71. The monoisotopic (exact) mass is 225 g/mol. The van der Waals surface area contributed by atoms with Crippen molar-refractivity contribution < 1.29 is 0 Å². The zero-order chi connectivity index (χ0) is 11.7. The number of aromatic nitrogens is 4. The van der Waals surface area contributed by atoms with E-state index < -0.39 is 0 Å². The zero-order valence-corrected chi connectivity index (χ0v) is 9.33. The molecule has 0 amide bonds.